The minimum Gasteiger partial charge on any atom is -0.480 e. The lowest BCUT2D eigenvalue weighted by Crippen LogP contribution is -2.32. The van der Waals surface area contributed by atoms with E-state index in [0.29, 0.717) is 23.4 Å². The molecule has 0 radical (unpaired) electrons. The first kappa shape index (κ1) is 19.5. The third-order valence-corrected chi connectivity index (χ3v) is 4.18. The summed E-state index contributed by atoms with van der Waals surface area (Å²) in [6, 6.07) is 10.9. The maximum atomic E-state index is 12.7. The van der Waals surface area contributed by atoms with Gasteiger partial charge < -0.3 is 14.8 Å². The summed E-state index contributed by atoms with van der Waals surface area (Å²) in [5, 5.41) is 2.86. The van der Waals surface area contributed by atoms with E-state index in [-0.39, 0.29) is 5.91 Å². The van der Waals surface area contributed by atoms with Crippen molar-refractivity contribution < 1.29 is 19.1 Å². The molecule has 2 aromatic rings. The zero-order chi connectivity index (χ0) is 19.3. The van der Waals surface area contributed by atoms with Gasteiger partial charge >= 0.3 is 5.97 Å². The molecule has 138 valence electrons. The lowest BCUT2D eigenvalue weighted by Gasteiger charge is -2.19. The number of esters is 1. The molecule has 0 fully saturated rings. The Morgan fingerprint density at radius 3 is 2.38 bits per heavy atom. The summed E-state index contributed by atoms with van der Waals surface area (Å²) in [4.78, 5) is 24.4. The van der Waals surface area contributed by atoms with E-state index in [1.54, 1.807) is 18.2 Å². The standard InChI is InChI=1S/C21H25NO4/c1-6-18(26-19-10-7-13(2)11-15(19)4)20(23)22-17-12-16(21(24)25-5)9-8-14(17)3/h7-12,18H,6H2,1-5H3,(H,22,23). The fourth-order valence-electron chi connectivity index (χ4n) is 2.62. The Balaban J connectivity index is 2.17. The second kappa shape index (κ2) is 8.52. The molecule has 0 spiro atoms. The Labute approximate surface area is 154 Å². The van der Waals surface area contributed by atoms with Gasteiger partial charge in [-0.1, -0.05) is 30.7 Å². The predicted octanol–water partition coefficient (Wildman–Crippen LogP) is 4.19. The fourth-order valence-corrected chi connectivity index (χ4v) is 2.62. The van der Waals surface area contributed by atoms with Crippen molar-refractivity contribution in [2.75, 3.05) is 12.4 Å². The van der Waals surface area contributed by atoms with Crippen LogP contribution in [0.4, 0.5) is 5.69 Å². The summed E-state index contributed by atoms with van der Waals surface area (Å²) in [6.07, 6.45) is -0.105. The average Bonchev–Trinajstić information content (AvgIpc) is 2.62. The maximum absolute atomic E-state index is 12.7. The Morgan fingerprint density at radius 2 is 1.77 bits per heavy atom. The number of carbonyl (C=O) groups excluding carboxylic acids is 2. The molecule has 1 N–H and O–H groups in total. The van der Waals surface area contributed by atoms with Gasteiger partial charge in [0.2, 0.25) is 0 Å². The fraction of sp³-hybridized carbons (Fsp3) is 0.333. The molecule has 0 aliphatic carbocycles. The number of aryl methyl sites for hydroxylation is 3. The minimum atomic E-state index is -0.627. The Bertz CT molecular complexity index is 814. The largest absolute Gasteiger partial charge is 0.480 e. The molecule has 1 amide bonds. The number of rotatable bonds is 6. The summed E-state index contributed by atoms with van der Waals surface area (Å²) in [7, 11) is 1.32. The van der Waals surface area contributed by atoms with Crippen molar-refractivity contribution >= 4 is 17.6 Å². The molecular weight excluding hydrogens is 330 g/mol. The van der Waals surface area contributed by atoms with Crippen LogP contribution in [0.5, 0.6) is 5.75 Å². The van der Waals surface area contributed by atoms with E-state index in [1.807, 2.05) is 45.9 Å². The van der Waals surface area contributed by atoms with Gasteiger partial charge in [-0.25, -0.2) is 4.79 Å². The van der Waals surface area contributed by atoms with Crippen LogP contribution in [0.15, 0.2) is 36.4 Å². The molecule has 0 aliphatic heterocycles. The molecule has 0 heterocycles. The third kappa shape index (κ3) is 4.63. The molecule has 0 saturated carbocycles. The van der Waals surface area contributed by atoms with E-state index in [0.717, 1.165) is 16.7 Å². The van der Waals surface area contributed by atoms with Crippen molar-refractivity contribution in [2.45, 2.75) is 40.2 Å². The van der Waals surface area contributed by atoms with Crippen LogP contribution in [0.3, 0.4) is 0 Å². The normalized spacial score (nSPS) is 11.6. The highest BCUT2D eigenvalue weighted by Crippen LogP contribution is 2.22. The average molecular weight is 355 g/mol. The van der Waals surface area contributed by atoms with Crippen molar-refractivity contribution in [3.8, 4) is 5.75 Å². The molecule has 1 atom stereocenters. The number of hydrogen-bond acceptors (Lipinski definition) is 4. The molecule has 2 rings (SSSR count). The summed E-state index contributed by atoms with van der Waals surface area (Å²) >= 11 is 0. The highest BCUT2D eigenvalue weighted by molar-refractivity contribution is 5.97. The number of anilines is 1. The van der Waals surface area contributed by atoms with Gasteiger partial charge in [0.05, 0.1) is 12.7 Å². The molecule has 1 unspecified atom stereocenters. The van der Waals surface area contributed by atoms with Crippen molar-refractivity contribution in [3.05, 3.63) is 58.7 Å². The monoisotopic (exact) mass is 355 g/mol. The van der Waals surface area contributed by atoms with E-state index >= 15 is 0 Å². The molecule has 0 aliphatic rings. The van der Waals surface area contributed by atoms with Gasteiger partial charge in [0.1, 0.15) is 5.75 Å². The van der Waals surface area contributed by atoms with E-state index < -0.39 is 12.1 Å². The smallest absolute Gasteiger partial charge is 0.337 e. The van der Waals surface area contributed by atoms with Crippen LogP contribution in [-0.4, -0.2) is 25.1 Å². The zero-order valence-corrected chi connectivity index (χ0v) is 15.9. The van der Waals surface area contributed by atoms with Crippen molar-refractivity contribution in [2.24, 2.45) is 0 Å². The van der Waals surface area contributed by atoms with Gasteiger partial charge in [-0.3, -0.25) is 4.79 Å². The number of carbonyl (C=O) groups is 2. The van der Waals surface area contributed by atoms with Crippen molar-refractivity contribution in [3.63, 3.8) is 0 Å². The lowest BCUT2D eigenvalue weighted by atomic mass is 10.1. The molecule has 0 bridgehead atoms. The highest BCUT2D eigenvalue weighted by atomic mass is 16.5. The summed E-state index contributed by atoms with van der Waals surface area (Å²) in [5.74, 6) is -0.00528. The molecule has 5 heteroatoms. The van der Waals surface area contributed by atoms with Gasteiger partial charge in [0, 0.05) is 5.69 Å². The number of nitrogens with one attached hydrogen (secondary N) is 1. The van der Waals surface area contributed by atoms with Gasteiger partial charge in [0.15, 0.2) is 6.10 Å². The van der Waals surface area contributed by atoms with Crippen LogP contribution in [-0.2, 0) is 9.53 Å². The maximum Gasteiger partial charge on any atom is 0.337 e. The van der Waals surface area contributed by atoms with E-state index in [4.69, 9.17) is 9.47 Å². The zero-order valence-electron chi connectivity index (χ0n) is 15.9. The SMILES string of the molecule is CCC(Oc1ccc(C)cc1C)C(=O)Nc1cc(C(=O)OC)ccc1C. The topological polar surface area (TPSA) is 64.6 Å². The first-order valence-electron chi connectivity index (χ1n) is 8.59. The van der Waals surface area contributed by atoms with Crippen molar-refractivity contribution in [1.29, 1.82) is 0 Å². The Morgan fingerprint density at radius 1 is 1.04 bits per heavy atom. The number of ether oxygens (including phenoxy) is 2. The Hall–Kier alpha value is -2.82. The summed E-state index contributed by atoms with van der Waals surface area (Å²) < 4.78 is 10.6. The van der Waals surface area contributed by atoms with Crippen LogP contribution in [0.25, 0.3) is 0 Å². The van der Waals surface area contributed by atoms with Gasteiger partial charge in [-0.15, -0.1) is 0 Å². The first-order valence-corrected chi connectivity index (χ1v) is 8.59. The lowest BCUT2D eigenvalue weighted by molar-refractivity contribution is -0.122. The third-order valence-electron chi connectivity index (χ3n) is 4.18. The molecular formula is C21H25NO4. The Kier molecular flexibility index (Phi) is 6.39. The van der Waals surface area contributed by atoms with Crippen LogP contribution >= 0.6 is 0 Å². The molecule has 2 aromatic carbocycles. The van der Waals surface area contributed by atoms with E-state index in [1.165, 1.54) is 7.11 Å². The highest BCUT2D eigenvalue weighted by Gasteiger charge is 2.20. The van der Waals surface area contributed by atoms with Gasteiger partial charge in [0.25, 0.3) is 5.91 Å². The molecule has 5 nitrogen and oxygen atoms in total. The van der Waals surface area contributed by atoms with Crippen molar-refractivity contribution in [1.82, 2.24) is 0 Å². The number of amides is 1. The van der Waals surface area contributed by atoms with Crippen LogP contribution in [0.1, 0.15) is 40.4 Å². The number of hydrogen-bond donors (Lipinski definition) is 1. The van der Waals surface area contributed by atoms with Gasteiger partial charge in [-0.05, 0) is 56.5 Å². The second-order valence-corrected chi connectivity index (χ2v) is 6.29. The second-order valence-electron chi connectivity index (χ2n) is 6.29. The predicted molar refractivity (Wildman–Crippen MR) is 102 cm³/mol. The minimum absolute atomic E-state index is 0.252. The molecule has 0 aromatic heterocycles. The number of benzene rings is 2. The van der Waals surface area contributed by atoms with Gasteiger partial charge in [-0.2, -0.15) is 0 Å². The van der Waals surface area contributed by atoms with Crippen LogP contribution in [0.2, 0.25) is 0 Å². The molecule has 26 heavy (non-hydrogen) atoms. The van der Waals surface area contributed by atoms with Crippen LogP contribution in [0, 0.1) is 20.8 Å². The quantitative estimate of drug-likeness (QED) is 0.789. The summed E-state index contributed by atoms with van der Waals surface area (Å²) in [6.45, 7) is 7.73. The number of methoxy groups -OCH3 is 1. The van der Waals surface area contributed by atoms with Crippen LogP contribution < -0.4 is 10.1 Å². The first-order chi connectivity index (χ1) is 12.3. The molecule has 0 saturated heterocycles. The van der Waals surface area contributed by atoms with E-state index in [2.05, 4.69) is 5.32 Å². The summed E-state index contributed by atoms with van der Waals surface area (Å²) in [5.41, 5.74) is 3.94. The van der Waals surface area contributed by atoms with E-state index in [9.17, 15) is 9.59 Å².